The zero-order valence-corrected chi connectivity index (χ0v) is 11.6. The molecule has 0 aliphatic rings. The molecular formula is C13H13FN2O5. The number of aromatic nitrogens is 2. The number of H-pyrrole nitrogens is 1. The third-order valence-electron chi connectivity index (χ3n) is 2.85. The number of carboxylic acid groups (broad SMARTS) is 1. The Hall–Kier alpha value is -2.77. The average molecular weight is 296 g/mol. The molecule has 112 valence electrons. The van der Waals surface area contributed by atoms with Gasteiger partial charge in [0.2, 0.25) is 0 Å². The number of hydrogen-bond acceptors (Lipinski definition) is 5. The molecule has 0 aliphatic heterocycles. The van der Waals surface area contributed by atoms with E-state index in [1.165, 1.54) is 27.4 Å². The Labute approximate surface area is 119 Å². The van der Waals surface area contributed by atoms with Crippen LogP contribution >= 0.6 is 0 Å². The molecule has 1 aromatic heterocycles. The molecule has 0 unspecified atom stereocenters. The van der Waals surface area contributed by atoms with Crippen LogP contribution in [-0.4, -0.2) is 42.6 Å². The van der Waals surface area contributed by atoms with E-state index in [4.69, 9.17) is 19.3 Å². The van der Waals surface area contributed by atoms with Crippen molar-refractivity contribution in [3.05, 3.63) is 23.6 Å². The van der Waals surface area contributed by atoms with Gasteiger partial charge in [-0.2, -0.15) is 5.10 Å². The maximum Gasteiger partial charge on any atom is 0.353 e. The molecule has 0 aliphatic carbocycles. The van der Waals surface area contributed by atoms with Gasteiger partial charge < -0.3 is 19.3 Å². The first-order chi connectivity index (χ1) is 10.0. The van der Waals surface area contributed by atoms with Crippen LogP contribution in [0, 0.1) is 5.82 Å². The number of nitrogens with one attached hydrogen (secondary N) is 1. The van der Waals surface area contributed by atoms with Crippen molar-refractivity contribution < 1.29 is 28.5 Å². The van der Waals surface area contributed by atoms with Crippen molar-refractivity contribution in [2.75, 3.05) is 21.3 Å². The Morgan fingerprint density at radius 2 is 1.86 bits per heavy atom. The zero-order chi connectivity index (χ0) is 15.6. The molecule has 0 spiro atoms. The third-order valence-corrected chi connectivity index (χ3v) is 2.85. The van der Waals surface area contributed by atoms with Crippen LogP contribution < -0.4 is 14.2 Å². The number of halogens is 1. The zero-order valence-electron chi connectivity index (χ0n) is 11.6. The molecule has 8 heteroatoms. The van der Waals surface area contributed by atoms with Crippen molar-refractivity contribution in [2.45, 2.75) is 0 Å². The highest BCUT2D eigenvalue weighted by Gasteiger charge is 2.24. The minimum absolute atomic E-state index is 0.115. The molecule has 0 bridgehead atoms. The SMILES string of the molecule is COc1cc(F)c(OC)c(-c2cc(C(=O)O)[nH]n2)c1OC. The molecule has 0 radical (unpaired) electrons. The summed E-state index contributed by atoms with van der Waals surface area (Å²) in [5.41, 5.74) is 0.192. The highest BCUT2D eigenvalue weighted by molar-refractivity contribution is 5.88. The number of ether oxygens (including phenoxy) is 3. The number of aromatic carboxylic acids is 1. The summed E-state index contributed by atoms with van der Waals surface area (Å²) in [5, 5.41) is 15.1. The number of methoxy groups -OCH3 is 3. The normalized spacial score (nSPS) is 10.3. The van der Waals surface area contributed by atoms with E-state index in [-0.39, 0.29) is 34.2 Å². The first-order valence-electron chi connectivity index (χ1n) is 5.81. The van der Waals surface area contributed by atoms with Gasteiger partial charge in [-0.25, -0.2) is 9.18 Å². The number of carboxylic acids is 1. The van der Waals surface area contributed by atoms with Crippen LogP contribution in [0.1, 0.15) is 10.5 Å². The topological polar surface area (TPSA) is 93.7 Å². The minimum Gasteiger partial charge on any atom is -0.493 e. The van der Waals surface area contributed by atoms with Gasteiger partial charge in [0, 0.05) is 6.07 Å². The van der Waals surface area contributed by atoms with Gasteiger partial charge in [0.15, 0.2) is 23.1 Å². The lowest BCUT2D eigenvalue weighted by molar-refractivity contribution is 0.0690. The van der Waals surface area contributed by atoms with E-state index in [0.29, 0.717) is 0 Å². The summed E-state index contributed by atoms with van der Waals surface area (Å²) in [6.45, 7) is 0. The van der Waals surface area contributed by atoms with Crippen molar-refractivity contribution in [1.82, 2.24) is 10.2 Å². The highest BCUT2D eigenvalue weighted by Crippen LogP contribution is 2.45. The molecule has 0 fully saturated rings. The lowest BCUT2D eigenvalue weighted by Gasteiger charge is -2.15. The molecule has 0 saturated heterocycles. The van der Waals surface area contributed by atoms with Crippen molar-refractivity contribution in [3.63, 3.8) is 0 Å². The summed E-state index contributed by atoms with van der Waals surface area (Å²) in [5.74, 6) is -1.64. The molecular weight excluding hydrogens is 283 g/mol. The van der Waals surface area contributed by atoms with Crippen molar-refractivity contribution in [2.24, 2.45) is 0 Å². The van der Waals surface area contributed by atoms with Crippen LogP contribution in [0.5, 0.6) is 17.2 Å². The maximum absolute atomic E-state index is 14.1. The van der Waals surface area contributed by atoms with Crippen molar-refractivity contribution >= 4 is 5.97 Å². The quantitative estimate of drug-likeness (QED) is 0.875. The maximum atomic E-state index is 14.1. The molecule has 0 saturated carbocycles. The summed E-state index contributed by atoms with van der Waals surface area (Å²) in [7, 11) is 4.03. The fourth-order valence-electron chi connectivity index (χ4n) is 1.94. The fraction of sp³-hybridized carbons (Fsp3) is 0.231. The van der Waals surface area contributed by atoms with E-state index in [0.717, 1.165) is 6.07 Å². The molecule has 0 atom stereocenters. The van der Waals surface area contributed by atoms with E-state index in [1.54, 1.807) is 0 Å². The third kappa shape index (κ3) is 2.47. The Kier molecular flexibility index (Phi) is 3.97. The van der Waals surface area contributed by atoms with Crippen LogP contribution in [0.15, 0.2) is 12.1 Å². The van der Waals surface area contributed by atoms with Gasteiger partial charge >= 0.3 is 5.97 Å². The number of rotatable bonds is 5. The standard InChI is InChI=1S/C13H13FN2O5/c1-19-9-4-6(14)11(20-2)10(12(9)21-3)7-5-8(13(17)18)16-15-7/h4-5H,1-3H3,(H,15,16)(H,17,18). The number of benzene rings is 1. The van der Waals surface area contributed by atoms with E-state index in [2.05, 4.69) is 10.2 Å². The summed E-state index contributed by atoms with van der Waals surface area (Å²) < 4.78 is 29.4. The van der Waals surface area contributed by atoms with E-state index < -0.39 is 11.8 Å². The first kappa shape index (κ1) is 14.6. The molecule has 2 rings (SSSR count). The predicted octanol–water partition coefficient (Wildman–Crippen LogP) is 1.94. The van der Waals surface area contributed by atoms with Crippen molar-refractivity contribution in [1.29, 1.82) is 0 Å². The number of aromatic amines is 1. The molecule has 2 aromatic rings. The molecule has 21 heavy (non-hydrogen) atoms. The largest absolute Gasteiger partial charge is 0.493 e. The number of nitrogens with zero attached hydrogens (tertiary/aromatic N) is 1. The Bertz CT molecular complexity index is 683. The first-order valence-corrected chi connectivity index (χ1v) is 5.81. The second kappa shape index (κ2) is 5.70. The van der Waals surface area contributed by atoms with Crippen molar-refractivity contribution in [3.8, 4) is 28.5 Å². The lowest BCUT2D eigenvalue weighted by atomic mass is 10.1. The van der Waals surface area contributed by atoms with Gasteiger partial charge in [-0.1, -0.05) is 0 Å². The summed E-state index contributed by atoms with van der Waals surface area (Å²) >= 11 is 0. The second-order valence-corrected chi connectivity index (χ2v) is 3.97. The highest BCUT2D eigenvalue weighted by atomic mass is 19.1. The number of carbonyl (C=O) groups is 1. The smallest absolute Gasteiger partial charge is 0.353 e. The second-order valence-electron chi connectivity index (χ2n) is 3.97. The van der Waals surface area contributed by atoms with Gasteiger partial charge in [-0.3, -0.25) is 5.10 Å². The van der Waals surface area contributed by atoms with Crippen LogP contribution in [0.25, 0.3) is 11.3 Å². The summed E-state index contributed by atoms with van der Waals surface area (Å²) in [6, 6.07) is 2.37. The lowest BCUT2D eigenvalue weighted by Crippen LogP contribution is -1.99. The molecule has 1 heterocycles. The molecule has 0 amide bonds. The molecule has 2 N–H and O–H groups in total. The van der Waals surface area contributed by atoms with E-state index >= 15 is 0 Å². The summed E-state index contributed by atoms with van der Waals surface area (Å²) in [4.78, 5) is 10.9. The van der Waals surface area contributed by atoms with Gasteiger partial charge in [-0.15, -0.1) is 0 Å². The van der Waals surface area contributed by atoms with Crippen LogP contribution in [0.4, 0.5) is 4.39 Å². The predicted molar refractivity (Wildman–Crippen MR) is 70.6 cm³/mol. The summed E-state index contributed by atoms with van der Waals surface area (Å²) in [6.07, 6.45) is 0. The molecule has 7 nitrogen and oxygen atoms in total. The fourth-order valence-corrected chi connectivity index (χ4v) is 1.94. The van der Waals surface area contributed by atoms with Crippen LogP contribution in [0.2, 0.25) is 0 Å². The van der Waals surface area contributed by atoms with Gasteiger partial charge in [0.1, 0.15) is 11.4 Å². The van der Waals surface area contributed by atoms with Gasteiger partial charge in [0.05, 0.1) is 26.9 Å². The average Bonchev–Trinajstić information content (AvgIpc) is 2.95. The van der Waals surface area contributed by atoms with Crippen LogP contribution in [-0.2, 0) is 0 Å². The Morgan fingerprint density at radius 1 is 1.19 bits per heavy atom. The van der Waals surface area contributed by atoms with E-state index in [1.807, 2.05) is 0 Å². The van der Waals surface area contributed by atoms with Crippen LogP contribution in [0.3, 0.4) is 0 Å². The number of hydrogen-bond donors (Lipinski definition) is 2. The minimum atomic E-state index is -1.19. The Morgan fingerprint density at radius 3 is 2.33 bits per heavy atom. The van der Waals surface area contributed by atoms with Gasteiger partial charge in [0.25, 0.3) is 0 Å². The monoisotopic (exact) mass is 296 g/mol. The Balaban J connectivity index is 2.74. The van der Waals surface area contributed by atoms with Gasteiger partial charge in [-0.05, 0) is 6.07 Å². The van der Waals surface area contributed by atoms with E-state index in [9.17, 15) is 9.18 Å². The molecule has 1 aromatic carbocycles.